The summed E-state index contributed by atoms with van der Waals surface area (Å²) < 4.78 is 10.9. The molecule has 0 saturated carbocycles. The minimum atomic E-state index is 0.637. The molecule has 152 valence electrons. The number of pyridine rings is 1. The minimum absolute atomic E-state index is 0.637. The van der Waals surface area contributed by atoms with Crippen LogP contribution in [-0.4, -0.2) is 29.2 Å². The number of anilines is 1. The molecule has 1 N–H and O–H groups in total. The number of aryl methyl sites for hydroxylation is 2. The van der Waals surface area contributed by atoms with Crippen LogP contribution in [0.5, 0.6) is 11.5 Å². The second-order valence-electron chi connectivity index (χ2n) is 7.09. The number of hydrogen-bond donors (Lipinski definition) is 1. The van der Waals surface area contributed by atoms with Gasteiger partial charge in [-0.2, -0.15) is 0 Å². The van der Waals surface area contributed by atoms with Gasteiger partial charge >= 0.3 is 0 Å². The second-order valence-corrected chi connectivity index (χ2v) is 7.09. The smallest absolute Gasteiger partial charge is 0.162 e. The molecular weight excluding hydrogens is 376 g/mol. The number of fused-ring (bicyclic) bond motifs is 1. The lowest BCUT2D eigenvalue weighted by Gasteiger charge is -2.14. The van der Waals surface area contributed by atoms with E-state index in [1.54, 1.807) is 14.2 Å². The van der Waals surface area contributed by atoms with E-state index >= 15 is 0 Å². The van der Waals surface area contributed by atoms with Gasteiger partial charge in [0.1, 0.15) is 11.6 Å². The van der Waals surface area contributed by atoms with Gasteiger partial charge in [-0.25, -0.2) is 9.97 Å². The van der Waals surface area contributed by atoms with Crippen LogP contribution in [0.4, 0.5) is 5.82 Å². The van der Waals surface area contributed by atoms with Gasteiger partial charge in [-0.05, 0) is 54.3 Å². The summed E-state index contributed by atoms with van der Waals surface area (Å²) in [5, 5.41) is 4.36. The van der Waals surface area contributed by atoms with Crippen molar-refractivity contribution in [2.75, 3.05) is 19.5 Å². The van der Waals surface area contributed by atoms with E-state index in [4.69, 9.17) is 9.47 Å². The predicted octanol–water partition coefficient (Wildman–Crippen LogP) is 4.94. The van der Waals surface area contributed by atoms with Gasteiger partial charge in [0.2, 0.25) is 0 Å². The molecule has 4 rings (SSSR count). The molecule has 0 amide bonds. The molecule has 0 aliphatic rings. The first-order valence-corrected chi connectivity index (χ1v) is 9.73. The highest BCUT2D eigenvalue weighted by Crippen LogP contribution is 2.34. The Kier molecular flexibility index (Phi) is 5.48. The topological polar surface area (TPSA) is 69.2 Å². The Morgan fingerprint density at radius 3 is 2.50 bits per heavy atom. The van der Waals surface area contributed by atoms with Gasteiger partial charge in [-0.1, -0.05) is 18.2 Å². The van der Waals surface area contributed by atoms with Gasteiger partial charge < -0.3 is 14.8 Å². The van der Waals surface area contributed by atoms with Crippen molar-refractivity contribution in [3.63, 3.8) is 0 Å². The fraction of sp³-hybridized carbons (Fsp3) is 0.208. The Balaban J connectivity index is 1.65. The van der Waals surface area contributed by atoms with Crippen LogP contribution in [0.15, 0.2) is 54.9 Å². The third kappa shape index (κ3) is 3.89. The van der Waals surface area contributed by atoms with Crippen LogP contribution in [0.1, 0.15) is 17.0 Å². The number of rotatable bonds is 6. The highest BCUT2D eigenvalue weighted by Gasteiger charge is 2.12. The minimum Gasteiger partial charge on any atom is -0.493 e. The van der Waals surface area contributed by atoms with E-state index in [0.29, 0.717) is 23.9 Å². The number of methoxy groups -OCH3 is 2. The second kappa shape index (κ2) is 8.37. The molecular formula is C24H24N4O2. The summed E-state index contributed by atoms with van der Waals surface area (Å²) in [5.74, 6) is 2.76. The van der Waals surface area contributed by atoms with Crippen molar-refractivity contribution < 1.29 is 9.47 Å². The average molecular weight is 400 g/mol. The summed E-state index contributed by atoms with van der Waals surface area (Å²) in [6.45, 7) is 4.59. The van der Waals surface area contributed by atoms with Crippen molar-refractivity contribution in [3.8, 4) is 22.6 Å². The SMILES string of the molecule is COc1cc2nc(C)nc(NCc3cccc(-c4ccncc4C)c3)c2cc1OC. The van der Waals surface area contributed by atoms with Crippen LogP contribution >= 0.6 is 0 Å². The molecule has 0 aliphatic carbocycles. The van der Waals surface area contributed by atoms with Crippen LogP contribution in [0, 0.1) is 13.8 Å². The zero-order chi connectivity index (χ0) is 21.1. The molecule has 0 bridgehead atoms. The molecule has 0 atom stereocenters. The average Bonchev–Trinajstić information content (AvgIpc) is 2.77. The first-order chi connectivity index (χ1) is 14.6. The van der Waals surface area contributed by atoms with Crippen molar-refractivity contribution >= 4 is 16.7 Å². The van der Waals surface area contributed by atoms with E-state index in [-0.39, 0.29) is 0 Å². The van der Waals surface area contributed by atoms with Gasteiger partial charge in [-0.3, -0.25) is 4.98 Å². The van der Waals surface area contributed by atoms with Crippen molar-refractivity contribution in [2.45, 2.75) is 20.4 Å². The molecule has 0 spiro atoms. The number of aromatic nitrogens is 3. The monoisotopic (exact) mass is 400 g/mol. The number of nitrogens with zero attached hydrogens (tertiary/aromatic N) is 3. The zero-order valence-corrected chi connectivity index (χ0v) is 17.6. The first kappa shape index (κ1) is 19.6. The summed E-state index contributed by atoms with van der Waals surface area (Å²) in [7, 11) is 3.24. The fourth-order valence-corrected chi connectivity index (χ4v) is 3.54. The number of nitrogens with one attached hydrogen (secondary N) is 1. The molecule has 0 aliphatic heterocycles. The van der Waals surface area contributed by atoms with Gasteiger partial charge in [0.15, 0.2) is 11.5 Å². The van der Waals surface area contributed by atoms with Gasteiger partial charge in [-0.15, -0.1) is 0 Å². The summed E-state index contributed by atoms with van der Waals surface area (Å²) >= 11 is 0. The van der Waals surface area contributed by atoms with E-state index in [1.807, 2.05) is 37.5 Å². The summed E-state index contributed by atoms with van der Waals surface area (Å²) in [6, 6.07) is 14.3. The normalized spacial score (nSPS) is 10.8. The molecule has 2 heterocycles. The lowest BCUT2D eigenvalue weighted by molar-refractivity contribution is 0.356. The Bertz CT molecular complexity index is 1210. The van der Waals surface area contributed by atoms with Crippen molar-refractivity contribution in [1.82, 2.24) is 15.0 Å². The Morgan fingerprint density at radius 2 is 1.73 bits per heavy atom. The van der Waals surface area contributed by atoms with E-state index < -0.39 is 0 Å². The zero-order valence-electron chi connectivity index (χ0n) is 17.6. The molecule has 6 nitrogen and oxygen atoms in total. The quantitative estimate of drug-likeness (QED) is 0.494. The van der Waals surface area contributed by atoms with Crippen LogP contribution in [0.2, 0.25) is 0 Å². The third-order valence-corrected chi connectivity index (χ3v) is 5.03. The highest BCUT2D eigenvalue weighted by molar-refractivity contribution is 5.91. The van der Waals surface area contributed by atoms with Gasteiger partial charge in [0.05, 0.1) is 19.7 Å². The predicted molar refractivity (Wildman–Crippen MR) is 119 cm³/mol. The van der Waals surface area contributed by atoms with Gasteiger partial charge in [0.25, 0.3) is 0 Å². The van der Waals surface area contributed by atoms with E-state index in [9.17, 15) is 0 Å². The molecule has 30 heavy (non-hydrogen) atoms. The van der Waals surface area contributed by atoms with Crippen LogP contribution in [-0.2, 0) is 6.54 Å². The van der Waals surface area contributed by atoms with Crippen molar-refractivity contribution in [1.29, 1.82) is 0 Å². The Labute approximate surface area is 175 Å². The molecule has 4 aromatic rings. The molecule has 2 aromatic carbocycles. The summed E-state index contributed by atoms with van der Waals surface area (Å²) in [5.41, 5.74) is 5.48. The highest BCUT2D eigenvalue weighted by atomic mass is 16.5. The van der Waals surface area contributed by atoms with E-state index in [1.165, 1.54) is 11.1 Å². The molecule has 0 saturated heterocycles. The third-order valence-electron chi connectivity index (χ3n) is 5.03. The fourth-order valence-electron chi connectivity index (χ4n) is 3.54. The lowest BCUT2D eigenvalue weighted by Crippen LogP contribution is -2.05. The van der Waals surface area contributed by atoms with Crippen LogP contribution in [0.25, 0.3) is 22.0 Å². The number of ether oxygens (including phenoxy) is 2. The largest absolute Gasteiger partial charge is 0.493 e. The number of hydrogen-bond acceptors (Lipinski definition) is 6. The molecule has 0 radical (unpaired) electrons. The molecule has 6 heteroatoms. The molecule has 0 fully saturated rings. The Morgan fingerprint density at radius 1 is 0.933 bits per heavy atom. The standard InChI is InChI=1S/C24H24N4O2/c1-15-13-25-9-8-19(15)18-7-5-6-17(10-18)14-26-24-20-11-22(29-3)23(30-4)12-21(20)27-16(2)28-24/h5-13H,14H2,1-4H3,(H,26,27,28). The maximum atomic E-state index is 5.45. The van der Waals surface area contributed by atoms with Crippen LogP contribution < -0.4 is 14.8 Å². The number of benzene rings is 2. The maximum absolute atomic E-state index is 5.45. The van der Waals surface area contributed by atoms with Crippen LogP contribution in [0.3, 0.4) is 0 Å². The lowest BCUT2D eigenvalue weighted by atomic mass is 10.0. The van der Waals surface area contributed by atoms with E-state index in [2.05, 4.69) is 51.5 Å². The Hall–Kier alpha value is -3.67. The molecule has 0 unspecified atom stereocenters. The molecule has 2 aromatic heterocycles. The first-order valence-electron chi connectivity index (χ1n) is 9.73. The van der Waals surface area contributed by atoms with E-state index in [0.717, 1.165) is 27.8 Å². The van der Waals surface area contributed by atoms with Crippen molar-refractivity contribution in [3.05, 3.63) is 71.8 Å². The van der Waals surface area contributed by atoms with Crippen molar-refractivity contribution in [2.24, 2.45) is 0 Å². The van der Waals surface area contributed by atoms with Gasteiger partial charge in [0, 0.05) is 30.4 Å². The summed E-state index contributed by atoms with van der Waals surface area (Å²) in [4.78, 5) is 13.3. The maximum Gasteiger partial charge on any atom is 0.162 e. The summed E-state index contributed by atoms with van der Waals surface area (Å²) in [6.07, 6.45) is 3.71.